The third kappa shape index (κ3) is 2.85. The molecule has 2 aromatic rings. The SMILES string of the molecule is Cc1ccc(Oc2c(Cl)cccc2C(=O)O)cc1F. The van der Waals surface area contributed by atoms with Crippen molar-refractivity contribution in [1.82, 2.24) is 0 Å². The first-order valence-electron chi connectivity index (χ1n) is 5.45. The van der Waals surface area contributed by atoms with Gasteiger partial charge in [-0.1, -0.05) is 23.7 Å². The molecule has 0 unspecified atom stereocenters. The van der Waals surface area contributed by atoms with Crippen molar-refractivity contribution in [2.24, 2.45) is 0 Å². The average Bonchev–Trinajstić information content (AvgIpc) is 2.36. The van der Waals surface area contributed by atoms with Gasteiger partial charge in [0.15, 0.2) is 5.75 Å². The summed E-state index contributed by atoms with van der Waals surface area (Å²) in [5, 5.41) is 9.21. The van der Waals surface area contributed by atoms with E-state index in [-0.39, 0.29) is 22.1 Å². The largest absolute Gasteiger partial charge is 0.478 e. The van der Waals surface area contributed by atoms with Crippen LogP contribution in [0.3, 0.4) is 0 Å². The molecule has 5 heteroatoms. The molecule has 0 radical (unpaired) electrons. The lowest BCUT2D eigenvalue weighted by Crippen LogP contribution is -2.00. The number of aromatic carboxylic acids is 1. The minimum absolute atomic E-state index is 0.0000743. The van der Waals surface area contributed by atoms with Crippen LogP contribution in [0.25, 0.3) is 0 Å². The topological polar surface area (TPSA) is 46.5 Å². The molecule has 19 heavy (non-hydrogen) atoms. The standard InChI is InChI=1S/C14H10ClFO3/c1-8-5-6-9(7-12(8)16)19-13-10(14(17)18)3-2-4-11(13)15/h2-7H,1H3,(H,17,18). The van der Waals surface area contributed by atoms with Crippen molar-refractivity contribution in [3.05, 3.63) is 58.4 Å². The van der Waals surface area contributed by atoms with E-state index in [4.69, 9.17) is 21.4 Å². The Morgan fingerprint density at radius 1 is 1.32 bits per heavy atom. The van der Waals surface area contributed by atoms with Gasteiger partial charge in [0.05, 0.1) is 5.02 Å². The van der Waals surface area contributed by atoms with E-state index in [0.29, 0.717) is 5.56 Å². The predicted molar refractivity (Wildman–Crippen MR) is 69.6 cm³/mol. The van der Waals surface area contributed by atoms with Crippen LogP contribution in [0.15, 0.2) is 36.4 Å². The van der Waals surface area contributed by atoms with Gasteiger partial charge in [0.2, 0.25) is 0 Å². The zero-order chi connectivity index (χ0) is 14.0. The summed E-state index contributed by atoms with van der Waals surface area (Å²) in [7, 11) is 0. The minimum Gasteiger partial charge on any atom is -0.478 e. The summed E-state index contributed by atoms with van der Waals surface area (Å²) in [5.74, 6) is -1.40. The number of hydrogen-bond donors (Lipinski definition) is 1. The number of carbonyl (C=O) groups is 1. The molecule has 0 amide bonds. The molecule has 0 aliphatic rings. The second-order valence-electron chi connectivity index (χ2n) is 3.93. The van der Waals surface area contributed by atoms with Crippen molar-refractivity contribution < 1.29 is 19.0 Å². The number of carboxylic acid groups (broad SMARTS) is 1. The average molecular weight is 281 g/mol. The number of hydrogen-bond acceptors (Lipinski definition) is 2. The molecule has 2 rings (SSSR count). The van der Waals surface area contributed by atoms with E-state index in [9.17, 15) is 9.18 Å². The fourth-order valence-corrected chi connectivity index (χ4v) is 1.75. The monoisotopic (exact) mass is 280 g/mol. The van der Waals surface area contributed by atoms with Crippen molar-refractivity contribution in [3.63, 3.8) is 0 Å². The van der Waals surface area contributed by atoms with Crippen LogP contribution in [0.1, 0.15) is 15.9 Å². The van der Waals surface area contributed by atoms with Crippen LogP contribution >= 0.6 is 11.6 Å². The normalized spacial score (nSPS) is 10.3. The zero-order valence-electron chi connectivity index (χ0n) is 9.98. The van der Waals surface area contributed by atoms with Crippen molar-refractivity contribution in [2.45, 2.75) is 6.92 Å². The highest BCUT2D eigenvalue weighted by atomic mass is 35.5. The molecule has 0 aromatic heterocycles. The molecule has 98 valence electrons. The van der Waals surface area contributed by atoms with Gasteiger partial charge in [0.25, 0.3) is 0 Å². The van der Waals surface area contributed by atoms with Gasteiger partial charge in [0, 0.05) is 6.07 Å². The summed E-state index contributed by atoms with van der Waals surface area (Å²) in [6.45, 7) is 1.62. The Balaban J connectivity index is 2.42. The van der Waals surface area contributed by atoms with Crippen LogP contribution in [0.4, 0.5) is 4.39 Å². The summed E-state index contributed by atoms with van der Waals surface area (Å²) in [5.41, 5.74) is 0.401. The lowest BCUT2D eigenvalue weighted by molar-refractivity contribution is 0.0694. The molecule has 2 aromatic carbocycles. The van der Waals surface area contributed by atoms with Gasteiger partial charge in [-0.25, -0.2) is 9.18 Å². The van der Waals surface area contributed by atoms with Gasteiger partial charge in [-0.05, 0) is 30.7 Å². The summed E-state index contributed by atoms with van der Waals surface area (Å²) in [6, 6.07) is 8.66. The van der Waals surface area contributed by atoms with Crippen LogP contribution in [0.5, 0.6) is 11.5 Å². The Labute approximate surface area is 114 Å². The highest BCUT2D eigenvalue weighted by Crippen LogP contribution is 2.33. The number of benzene rings is 2. The maximum atomic E-state index is 13.4. The predicted octanol–water partition coefficient (Wildman–Crippen LogP) is 4.28. The second-order valence-corrected chi connectivity index (χ2v) is 4.34. The number of carboxylic acids is 1. The fraction of sp³-hybridized carbons (Fsp3) is 0.0714. The van der Waals surface area contributed by atoms with Crippen molar-refractivity contribution >= 4 is 17.6 Å². The molecular weight excluding hydrogens is 271 g/mol. The Hall–Kier alpha value is -2.07. The van der Waals surface area contributed by atoms with Crippen LogP contribution in [0.2, 0.25) is 5.02 Å². The molecule has 1 N–H and O–H groups in total. The molecule has 0 atom stereocenters. The third-order valence-electron chi connectivity index (χ3n) is 2.56. The lowest BCUT2D eigenvalue weighted by atomic mass is 10.2. The molecule has 3 nitrogen and oxygen atoms in total. The first-order valence-corrected chi connectivity index (χ1v) is 5.82. The van der Waals surface area contributed by atoms with Gasteiger partial charge in [0.1, 0.15) is 17.1 Å². The Kier molecular flexibility index (Phi) is 3.71. The van der Waals surface area contributed by atoms with Crippen LogP contribution in [-0.2, 0) is 0 Å². The van der Waals surface area contributed by atoms with Crippen LogP contribution < -0.4 is 4.74 Å². The Morgan fingerprint density at radius 3 is 2.68 bits per heavy atom. The summed E-state index contributed by atoms with van der Waals surface area (Å²) >= 11 is 5.91. The van der Waals surface area contributed by atoms with E-state index >= 15 is 0 Å². The first kappa shape index (κ1) is 13.4. The second kappa shape index (κ2) is 5.28. The molecule has 0 saturated heterocycles. The molecule has 0 spiro atoms. The first-order chi connectivity index (χ1) is 8.99. The fourth-order valence-electron chi connectivity index (χ4n) is 1.54. The van der Waals surface area contributed by atoms with Crippen molar-refractivity contribution in [2.75, 3.05) is 0 Å². The maximum absolute atomic E-state index is 13.4. The van der Waals surface area contributed by atoms with E-state index < -0.39 is 11.8 Å². The number of para-hydroxylation sites is 1. The number of ether oxygens (including phenoxy) is 1. The molecule has 0 fully saturated rings. The number of halogens is 2. The van der Waals surface area contributed by atoms with Crippen molar-refractivity contribution in [1.29, 1.82) is 0 Å². The Bertz CT molecular complexity index is 641. The summed E-state index contributed by atoms with van der Waals surface area (Å²) in [4.78, 5) is 11.1. The van der Waals surface area contributed by atoms with Crippen LogP contribution in [-0.4, -0.2) is 11.1 Å². The highest BCUT2D eigenvalue weighted by molar-refractivity contribution is 6.32. The van der Waals surface area contributed by atoms with E-state index in [1.807, 2.05) is 0 Å². The lowest BCUT2D eigenvalue weighted by Gasteiger charge is -2.11. The van der Waals surface area contributed by atoms with Gasteiger partial charge in [-0.3, -0.25) is 0 Å². The number of aryl methyl sites for hydroxylation is 1. The summed E-state index contributed by atoms with van der Waals surface area (Å²) < 4.78 is 18.8. The van der Waals surface area contributed by atoms with E-state index in [1.54, 1.807) is 19.1 Å². The quantitative estimate of drug-likeness (QED) is 0.913. The molecule has 0 saturated carbocycles. The smallest absolute Gasteiger partial charge is 0.339 e. The molecule has 0 heterocycles. The highest BCUT2D eigenvalue weighted by Gasteiger charge is 2.15. The zero-order valence-corrected chi connectivity index (χ0v) is 10.7. The third-order valence-corrected chi connectivity index (χ3v) is 2.86. The van der Waals surface area contributed by atoms with E-state index in [2.05, 4.69) is 0 Å². The minimum atomic E-state index is -1.16. The van der Waals surface area contributed by atoms with Gasteiger partial charge < -0.3 is 9.84 Å². The van der Waals surface area contributed by atoms with Crippen molar-refractivity contribution in [3.8, 4) is 11.5 Å². The molecule has 0 aliphatic carbocycles. The van der Waals surface area contributed by atoms with Gasteiger partial charge in [-0.15, -0.1) is 0 Å². The van der Waals surface area contributed by atoms with E-state index in [1.165, 1.54) is 24.3 Å². The Morgan fingerprint density at radius 2 is 2.05 bits per heavy atom. The number of rotatable bonds is 3. The van der Waals surface area contributed by atoms with Crippen LogP contribution in [0, 0.1) is 12.7 Å². The summed E-state index contributed by atoms with van der Waals surface area (Å²) in [6.07, 6.45) is 0. The molecular formula is C14H10ClFO3. The van der Waals surface area contributed by atoms with Gasteiger partial charge >= 0.3 is 5.97 Å². The van der Waals surface area contributed by atoms with Gasteiger partial charge in [-0.2, -0.15) is 0 Å². The maximum Gasteiger partial charge on any atom is 0.339 e. The molecule has 0 bridgehead atoms. The molecule has 0 aliphatic heterocycles. The van der Waals surface area contributed by atoms with E-state index in [0.717, 1.165) is 0 Å².